The largest absolute Gasteiger partial charge is 0.394 e. The molecule has 1 unspecified atom stereocenters. The highest BCUT2D eigenvalue weighted by Gasteiger charge is 2.48. The van der Waals surface area contributed by atoms with Gasteiger partial charge in [0.05, 0.1) is 6.61 Å². The van der Waals surface area contributed by atoms with Crippen LogP contribution in [0.4, 0.5) is 0 Å². The minimum Gasteiger partial charge on any atom is -0.394 e. The fraction of sp³-hybridized carbons (Fsp3) is 1.00. The predicted octanol–water partition coefficient (Wildman–Crippen LogP) is -2.38. The number of nitrogens with zero attached hydrogens (tertiary/aromatic N) is 3. The molecule has 0 rings (SSSR count). The van der Waals surface area contributed by atoms with Gasteiger partial charge in [-0.15, -0.1) is 30.3 Å². The molecule has 0 heterocycles. The van der Waals surface area contributed by atoms with Gasteiger partial charge in [0.25, 0.3) is 15.3 Å². The molecule has 0 aromatic heterocycles. The molecule has 0 spiro atoms. The molecule has 2 N–H and O–H groups in total. The molecule has 0 radical (unpaired) electrons. The molecule has 0 amide bonds. The summed E-state index contributed by atoms with van der Waals surface area (Å²) < 4.78 is 0. The van der Waals surface area contributed by atoms with Crippen LogP contribution in [0, 0.1) is 30.3 Å². The van der Waals surface area contributed by atoms with Gasteiger partial charge in [-0.25, -0.2) is 9.68 Å². The third kappa shape index (κ3) is 4.71. The maximum absolute atomic E-state index is 9.92. The van der Waals surface area contributed by atoms with Crippen molar-refractivity contribution in [3.05, 3.63) is 30.3 Å². The summed E-state index contributed by atoms with van der Waals surface area (Å²) in [5.41, 5.74) is 0. The van der Waals surface area contributed by atoms with Crippen LogP contribution in [-0.2, 0) is 14.5 Å². The number of rotatable bonds is 8. The standard InChI is InChI=1S/C3H5N3O11/c7-1-2(15-4(9)10)3(8,16-5(11)12)17-6(13)14/h2,7-8H,1H2. The van der Waals surface area contributed by atoms with Gasteiger partial charge in [-0.3, -0.25) is 0 Å². The van der Waals surface area contributed by atoms with Crippen LogP contribution in [0.3, 0.4) is 0 Å². The highest BCUT2D eigenvalue weighted by molar-refractivity contribution is 4.64. The normalized spacial score (nSPS) is 12.4. The van der Waals surface area contributed by atoms with E-state index in [1.54, 1.807) is 0 Å². The fourth-order valence-electron chi connectivity index (χ4n) is 0.667. The summed E-state index contributed by atoms with van der Waals surface area (Å²) in [5, 5.41) is 42.4. The average Bonchev–Trinajstić information content (AvgIpc) is 2.10. The molecule has 0 saturated carbocycles. The Morgan fingerprint density at radius 1 is 1.06 bits per heavy atom. The molecule has 0 aromatic rings. The molecular weight excluding hydrogens is 254 g/mol. The van der Waals surface area contributed by atoms with E-state index in [1.165, 1.54) is 0 Å². The highest BCUT2D eigenvalue weighted by Crippen LogP contribution is 2.18. The second kappa shape index (κ2) is 5.56. The summed E-state index contributed by atoms with van der Waals surface area (Å²) >= 11 is 0. The van der Waals surface area contributed by atoms with Gasteiger partial charge in [0.1, 0.15) is 0 Å². The Bertz CT molecular complexity index is 299. The summed E-state index contributed by atoms with van der Waals surface area (Å²) in [6.45, 7) is -1.43. The van der Waals surface area contributed by atoms with E-state index in [-0.39, 0.29) is 0 Å². The minimum absolute atomic E-state index is 1.43. The van der Waals surface area contributed by atoms with Gasteiger partial charge in [0.2, 0.25) is 6.10 Å². The molecule has 98 valence electrons. The molecule has 1 atom stereocenters. The highest BCUT2D eigenvalue weighted by atomic mass is 17.1. The summed E-state index contributed by atoms with van der Waals surface area (Å²) in [7, 11) is 0. The molecule has 17 heavy (non-hydrogen) atoms. The van der Waals surface area contributed by atoms with Crippen LogP contribution in [0.25, 0.3) is 0 Å². The van der Waals surface area contributed by atoms with E-state index in [1.807, 2.05) is 0 Å². The first-order chi connectivity index (χ1) is 7.71. The molecule has 0 aliphatic heterocycles. The Hall–Kier alpha value is -2.48. The number of hydrogen-bond donors (Lipinski definition) is 2. The van der Waals surface area contributed by atoms with Crippen molar-refractivity contribution in [2.75, 3.05) is 6.61 Å². The van der Waals surface area contributed by atoms with Crippen LogP contribution in [0.5, 0.6) is 0 Å². The first-order valence-corrected chi connectivity index (χ1v) is 3.52. The summed E-state index contributed by atoms with van der Waals surface area (Å²) in [6.07, 6.45) is -2.52. The summed E-state index contributed by atoms with van der Waals surface area (Å²) in [4.78, 5) is 39.9. The zero-order valence-electron chi connectivity index (χ0n) is 7.69. The topological polar surface area (TPSA) is 198 Å². The van der Waals surface area contributed by atoms with Gasteiger partial charge >= 0.3 is 5.97 Å². The van der Waals surface area contributed by atoms with E-state index in [0.29, 0.717) is 0 Å². The third-order valence-electron chi connectivity index (χ3n) is 1.20. The van der Waals surface area contributed by atoms with Crippen LogP contribution in [0.2, 0.25) is 0 Å². The van der Waals surface area contributed by atoms with E-state index in [0.717, 1.165) is 0 Å². The van der Waals surface area contributed by atoms with Crippen LogP contribution >= 0.6 is 0 Å². The van der Waals surface area contributed by atoms with Gasteiger partial charge < -0.3 is 15.1 Å². The third-order valence-corrected chi connectivity index (χ3v) is 1.20. The summed E-state index contributed by atoms with van der Waals surface area (Å²) in [6, 6.07) is 0. The fourth-order valence-corrected chi connectivity index (χ4v) is 0.667. The van der Waals surface area contributed by atoms with Crippen molar-refractivity contribution in [2.24, 2.45) is 0 Å². The lowest BCUT2D eigenvalue weighted by molar-refractivity contribution is -0.910. The Kier molecular flexibility index (Phi) is 4.75. The van der Waals surface area contributed by atoms with E-state index in [9.17, 15) is 30.3 Å². The Morgan fingerprint density at radius 2 is 1.47 bits per heavy atom. The van der Waals surface area contributed by atoms with E-state index >= 15 is 0 Å². The molecule has 14 nitrogen and oxygen atoms in total. The van der Waals surface area contributed by atoms with E-state index in [2.05, 4.69) is 14.5 Å². The number of aliphatic hydroxyl groups is 2. The van der Waals surface area contributed by atoms with Crippen LogP contribution in [0.15, 0.2) is 0 Å². The average molecular weight is 259 g/mol. The SMILES string of the molecule is O=[N+]([O-])OC(CO)C(O)(O[N+](=O)[O-])O[N+](=O)[O-]. The smallest absolute Gasteiger partial charge is 0.392 e. The number of aliphatic hydroxyl groups excluding tert-OH is 1. The zero-order chi connectivity index (χ0) is 13.6. The lowest BCUT2D eigenvalue weighted by Gasteiger charge is -2.27. The molecule has 0 bridgehead atoms. The van der Waals surface area contributed by atoms with Crippen molar-refractivity contribution in [3.8, 4) is 0 Å². The van der Waals surface area contributed by atoms with Crippen molar-refractivity contribution in [1.82, 2.24) is 0 Å². The Labute approximate surface area is 90.2 Å². The van der Waals surface area contributed by atoms with Gasteiger partial charge in [-0.1, -0.05) is 0 Å². The molecule has 0 fully saturated rings. The molecule has 0 saturated heterocycles. The molecular formula is C3H5N3O11. The van der Waals surface area contributed by atoms with Crippen LogP contribution in [-0.4, -0.2) is 44.2 Å². The Morgan fingerprint density at radius 3 is 1.71 bits per heavy atom. The lowest BCUT2D eigenvalue weighted by Crippen LogP contribution is -2.53. The van der Waals surface area contributed by atoms with Gasteiger partial charge in [0, 0.05) is 0 Å². The minimum atomic E-state index is -3.77. The predicted molar refractivity (Wildman–Crippen MR) is 40.1 cm³/mol. The van der Waals surface area contributed by atoms with Gasteiger partial charge in [-0.2, -0.15) is 0 Å². The maximum atomic E-state index is 9.92. The van der Waals surface area contributed by atoms with Crippen molar-refractivity contribution in [2.45, 2.75) is 12.1 Å². The molecule has 14 heteroatoms. The maximum Gasteiger partial charge on any atom is 0.392 e. The monoisotopic (exact) mass is 259 g/mol. The van der Waals surface area contributed by atoms with E-state index < -0.39 is 33.9 Å². The molecule has 0 aliphatic carbocycles. The van der Waals surface area contributed by atoms with Crippen molar-refractivity contribution in [3.63, 3.8) is 0 Å². The number of hydrogen-bond acceptors (Lipinski definition) is 11. The second-order valence-corrected chi connectivity index (χ2v) is 2.26. The summed E-state index contributed by atoms with van der Waals surface area (Å²) in [5.74, 6) is -3.77. The van der Waals surface area contributed by atoms with Crippen molar-refractivity contribution < 1.29 is 40.0 Å². The first kappa shape index (κ1) is 14.5. The zero-order valence-corrected chi connectivity index (χ0v) is 7.69. The van der Waals surface area contributed by atoms with Crippen LogP contribution < -0.4 is 0 Å². The van der Waals surface area contributed by atoms with E-state index in [4.69, 9.17) is 10.2 Å². The second-order valence-electron chi connectivity index (χ2n) is 2.26. The van der Waals surface area contributed by atoms with Crippen molar-refractivity contribution >= 4 is 0 Å². The quantitative estimate of drug-likeness (QED) is 0.268. The van der Waals surface area contributed by atoms with Gasteiger partial charge in [-0.05, 0) is 0 Å². The lowest BCUT2D eigenvalue weighted by atomic mass is 10.3. The molecule has 0 aliphatic rings. The van der Waals surface area contributed by atoms with Gasteiger partial charge in [0.15, 0.2) is 0 Å². The molecule has 0 aromatic carbocycles. The van der Waals surface area contributed by atoms with Crippen molar-refractivity contribution in [1.29, 1.82) is 0 Å². The van der Waals surface area contributed by atoms with Crippen LogP contribution in [0.1, 0.15) is 0 Å². The Balaban J connectivity index is 5.02. The first-order valence-electron chi connectivity index (χ1n) is 3.52.